The first-order valence-corrected chi connectivity index (χ1v) is 6.53. The van der Waals surface area contributed by atoms with E-state index in [1.807, 2.05) is 23.6 Å². The second-order valence-electron chi connectivity index (χ2n) is 3.76. The molecule has 0 aliphatic rings. The molecular formula is C13H14N2O2S. The molecule has 0 fully saturated rings. The Kier molecular flexibility index (Phi) is 4.30. The van der Waals surface area contributed by atoms with E-state index in [4.69, 9.17) is 4.74 Å². The summed E-state index contributed by atoms with van der Waals surface area (Å²) in [7, 11) is 1.60. The molecule has 94 valence electrons. The molecule has 0 unspecified atom stereocenters. The number of nitrogens with one attached hydrogen (secondary N) is 1. The van der Waals surface area contributed by atoms with Crippen molar-refractivity contribution in [1.29, 1.82) is 0 Å². The minimum absolute atomic E-state index is 0.0174. The van der Waals surface area contributed by atoms with Gasteiger partial charge in [0.15, 0.2) is 0 Å². The monoisotopic (exact) mass is 262 g/mol. The van der Waals surface area contributed by atoms with Gasteiger partial charge in [-0.1, -0.05) is 6.07 Å². The van der Waals surface area contributed by atoms with Crippen LogP contribution in [-0.4, -0.2) is 18.0 Å². The number of carbonyl (C=O) groups is 1. The molecule has 1 aromatic carbocycles. The molecule has 0 aliphatic carbocycles. The van der Waals surface area contributed by atoms with E-state index in [0.29, 0.717) is 12.8 Å². The molecule has 0 atom stereocenters. The van der Waals surface area contributed by atoms with Crippen molar-refractivity contribution in [2.75, 3.05) is 12.4 Å². The fourth-order valence-electron chi connectivity index (χ4n) is 1.53. The van der Waals surface area contributed by atoms with Gasteiger partial charge in [-0.15, -0.1) is 11.3 Å². The van der Waals surface area contributed by atoms with Crippen molar-refractivity contribution in [2.45, 2.75) is 12.8 Å². The Morgan fingerprint density at radius 2 is 2.39 bits per heavy atom. The van der Waals surface area contributed by atoms with E-state index in [0.717, 1.165) is 17.1 Å². The summed E-state index contributed by atoms with van der Waals surface area (Å²) in [5.41, 5.74) is 3.48. The van der Waals surface area contributed by atoms with E-state index in [1.165, 1.54) is 0 Å². The van der Waals surface area contributed by atoms with Crippen LogP contribution in [0, 0.1) is 0 Å². The molecule has 2 rings (SSSR count). The molecule has 0 radical (unpaired) electrons. The van der Waals surface area contributed by atoms with Crippen LogP contribution in [0.15, 0.2) is 35.2 Å². The Bertz CT molecular complexity index is 511. The topological polar surface area (TPSA) is 51.2 Å². The SMILES string of the molecule is COc1cccc(NC(=O)CCc2cscn2)c1. The van der Waals surface area contributed by atoms with Crippen molar-refractivity contribution < 1.29 is 9.53 Å². The molecule has 5 heteroatoms. The summed E-state index contributed by atoms with van der Waals surface area (Å²) in [6.07, 6.45) is 1.10. The molecule has 1 heterocycles. The van der Waals surface area contributed by atoms with Crippen LogP contribution < -0.4 is 10.1 Å². The number of aromatic nitrogens is 1. The maximum Gasteiger partial charge on any atom is 0.224 e. The van der Waals surface area contributed by atoms with Gasteiger partial charge in [0.1, 0.15) is 5.75 Å². The molecular weight excluding hydrogens is 248 g/mol. The average molecular weight is 262 g/mol. The predicted octanol–water partition coefficient (Wildman–Crippen LogP) is 2.72. The molecule has 0 saturated heterocycles. The lowest BCUT2D eigenvalue weighted by molar-refractivity contribution is -0.116. The average Bonchev–Trinajstić information content (AvgIpc) is 2.90. The Hall–Kier alpha value is -1.88. The number of aryl methyl sites for hydroxylation is 1. The van der Waals surface area contributed by atoms with Gasteiger partial charge in [0, 0.05) is 23.6 Å². The summed E-state index contributed by atoms with van der Waals surface area (Å²) < 4.78 is 5.10. The number of rotatable bonds is 5. The van der Waals surface area contributed by atoms with Gasteiger partial charge in [0.2, 0.25) is 5.91 Å². The number of anilines is 1. The van der Waals surface area contributed by atoms with E-state index in [9.17, 15) is 4.79 Å². The molecule has 4 nitrogen and oxygen atoms in total. The number of hydrogen-bond acceptors (Lipinski definition) is 4. The van der Waals surface area contributed by atoms with Crippen LogP contribution in [0.3, 0.4) is 0 Å². The molecule has 0 spiro atoms. The molecule has 1 N–H and O–H groups in total. The third kappa shape index (κ3) is 3.56. The fraction of sp³-hybridized carbons (Fsp3) is 0.231. The van der Waals surface area contributed by atoms with E-state index in [2.05, 4.69) is 10.3 Å². The van der Waals surface area contributed by atoms with Gasteiger partial charge >= 0.3 is 0 Å². The van der Waals surface area contributed by atoms with E-state index < -0.39 is 0 Å². The Morgan fingerprint density at radius 3 is 3.11 bits per heavy atom. The number of hydrogen-bond donors (Lipinski definition) is 1. The summed E-state index contributed by atoms with van der Waals surface area (Å²) in [5.74, 6) is 0.712. The lowest BCUT2D eigenvalue weighted by Gasteiger charge is -2.06. The van der Waals surface area contributed by atoms with Gasteiger partial charge in [-0.25, -0.2) is 4.98 Å². The highest BCUT2D eigenvalue weighted by atomic mass is 32.1. The number of ether oxygens (including phenoxy) is 1. The van der Waals surface area contributed by atoms with Gasteiger partial charge in [0.05, 0.1) is 18.3 Å². The molecule has 0 saturated carbocycles. The van der Waals surface area contributed by atoms with Crippen molar-refractivity contribution in [1.82, 2.24) is 4.98 Å². The fourth-order valence-corrected chi connectivity index (χ4v) is 2.12. The normalized spacial score (nSPS) is 10.1. The molecule has 0 bridgehead atoms. The minimum atomic E-state index is -0.0174. The number of amides is 1. The van der Waals surface area contributed by atoms with Crippen LogP contribution in [0.2, 0.25) is 0 Å². The number of thiazole rings is 1. The van der Waals surface area contributed by atoms with Gasteiger partial charge < -0.3 is 10.1 Å². The lowest BCUT2D eigenvalue weighted by Crippen LogP contribution is -2.12. The first-order valence-electron chi connectivity index (χ1n) is 5.59. The van der Waals surface area contributed by atoms with Gasteiger partial charge in [-0.3, -0.25) is 4.79 Å². The predicted molar refractivity (Wildman–Crippen MR) is 72.1 cm³/mol. The van der Waals surface area contributed by atoms with Crippen LogP contribution in [0.5, 0.6) is 5.75 Å². The van der Waals surface area contributed by atoms with E-state index >= 15 is 0 Å². The molecule has 2 aromatic rings. The minimum Gasteiger partial charge on any atom is -0.497 e. The third-order valence-electron chi connectivity index (χ3n) is 2.45. The van der Waals surface area contributed by atoms with E-state index in [1.54, 1.807) is 30.0 Å². The molecule has 18 heavy (non-hydrogen) atoms. The number of benzene rings is 1. The summed E-state index contributed by atoms with van der Waals surface area (Å²) in [6.45, 7) is 0. The molecule has 1 aromatic heterocycles. The maximum absolute atomic E-state index is 11.7. The van der Waals surface area contributed by atoms with Gasteiger partial charge in [-0.2, -0.15) is 0 Å². The molecule has 1 amide bonds. The largest absolute Gasteiger partial charge is 0.497 e. The maximum atomic E-state index is 11.7. The zero-order valence-electron chi connectivity index (χ0n) is 10.1. The highest BCUT2D eigenvalue weighted by Gasteiger charge is 2.04. The highest BCUT2D eigenvalue weighted by Crippen LogP contribution is 2.17. The highest BCUT2D eigenvalue weighted by molar-refractivity contribution is 7.07. The standard InChI is InChI=1S/C13H14N2O2S/c1-17-12-4-2-3-10(7-12)15-13(16)6-5-11-8-18-9-14-11/h2-4,7-9H,5-6H2,1H3,(H,15,16). The summed E-state index contributed by atoms with van der Waals surface area (Å²) in [6, 6.07) is 7.31. The van der Waals surface area contributed by atoms with Gasteiger partial charge in [-0.05, 0) is 18.6 Å². The first kappa shape index (κ1) is 12.6. The van der Waals surface area contributed by atoms with Crippen LogP contribution in [0.4, 0.5) is 5.69 Å². The smallest absolute Gasteiger partial charge is 0.224 e. The summed E-state index contributed by atoms with van der Waals surface area (Å²) >= 11 is 1.54. The van der Waals surface area contributed by atoms with Crippen LogP contribution in [-0.2, 0) is 11.2 Å². The van der Waals surface area contributed by atoms with Crippen molar-refractivity contribution in [2.24, 2.45) is 0 Å². The Labute approximate surface area is 110 Å². The number of methoxy groups -OCH3 is 1. The van der Waals surface area contributed by atoms with Crippen molar-refractivity contribution in [3.63, 3.8) is 0 Å². The zero-order chi connectivity index (χ0) is 12.8. The Morgan fingerprint density at radius 1 is 1.50 bits per heavy atom. The van der Waals surface area contributed by atoms with Crippen molar-refractivity contribution >= 4 is 22.9 Å². The van der Waals surface area contributed by atoms with Crippen molar-refractivity contribution in [3.8, 4) is 5.75 Å². The van der Waals surface area contributed by atoms with Crippen LogP contribution >= 0.6 is 11.3 Å². The second kappa shape index (κ2) is 6.16. The second-order valence-corrected chi connectivity index (χ2v) is 4.48. The van der Waals surface area contributed by atoms with Crippen LogP contribution in [0.25, 0.3) is 0 Å². The number of carbonyl (C=O) groups excluding carboxylic acids is 1. The first-order chi connectivity index (χ1) is 8.78. The zero-order valence-corrected chi connectivity index (χ0v) is 10.9. The molecule has 0 aliphatic heterocycles. The van der Waals surface area contributed by atoms with Crippen LogP contribution in [0.1, 0.15) is 12.1 Å². The van der Waals surface area contributed by atoms with Crippen molar-refractivity contribution in [3.05, 3.63) is 40.8 Å². The van der Waals surface area contributed by atoms with Gasteiger partial charge in [0.25, 0.3) is 0 Å². The van der Waals surface area contributed by atoms with E-state index in [-0.39, 0.29) is 5.91 Å². The quantitative estimate of drug-likeness (QED) is 0.901. The summed E-state index contributed by atoms with van der Waals surface area (Å²) in [4.78, 5) is 15.9. The number of nitrogens with zero attached hydrogens (tertiary/aromatic N) is 1. The Balaban J connectivity index is 1.86. The third-order valence-corrected chi connectivity index (χ3v) is 3.08. The summed E-state index contributed by atoms with van der Waals surface area (Å²) in [5, 5.41) is 4.79. The lowest BCUT2D eigenvalue weighted by atomic mass is 10.2.